The van der Waals surface area contributed by atoms with Crippen LogP contribution < -0.4 is 0 Å². The van der Waals surface area contributed by atoms with E-state index in [1.165, 1.54) is 45.4 Å². The fourth-order valence-corrected chi connectivity index (χ4v) is 8.32. The third kappa shape index (κ3) is 3.14. The molecule has 4 aliphatic carbocycles. The Kier molecular flexibility index (Phi) is 5.39. The van der Waals surface area contributed by atoms with Crippen LogP contribution in [-0.4, -0.2) is 30.1 Å². The van der Waals surface area contributed by atoms with Crippen LogP contribution in [0.2, 0.25) is 0 Å². The molecule has 0 aromatic carbocycles. The van der Waals surface area contributed by atoms with E-state index in [2.05, 4.69) is 13.8 Å². The van der Waals surface area contributed by atoms with Crippen molar-refractivity contribution in [2.24, 2.45) is 46.3 Å². The molecule has 0 aromatic rings. The number of aliphatic hydroxyl groups excluding tert-OH is 1. The molecule has 0 unspecified atom stereocenters. The van der Waals surface area contributed by atoms with Crippen LogP contribution in [0.25, 0.3) is 0 Å². The average molecular weight is 391 g/mol. The van der Waals surface area contributed by atoms with Gasteiger partial charge in [-0.1, -0.05) is 13.8 Å². The molecule has 0 spiro atoms. The van der Waals surface area contributed by atoms with Gasteiger partial charge < -0.3 is 9.84 Å². The first-order valence-corrected chi connectivity index (χ1v) is 11.6. The lowest BCUT2D eigenvalue weighted by molar-refractivity contribution is -0.151. The summed E-state index contributed by atoms with van der Waals surface area (Å²) in [5, 5.41) is 9.65. The minimum atomic E-state index is -0.360. The number of Topliss-reactive ketones (excluding diaryl/α,β-unsaturated/α-hetero) is 1. The van der Waals surface area contributed by atoms with Crippen molar-refractivity contribution in [3.05, 3.63) is 0 Å². The molecule has 0 aliphatic heterocycles. The van der Waals surface area contributed by atoms with Crippen molar-refractivity contribution in [2.45, 2.75) is 78.6 Å². The van der Waals surface area contributed by atoms with Crippen molar-refractivity contribution in [3.63, 3.8) is 0 Å². The summed E-state index contributed by atoms with van der Waals surface area (Å²) >= 11 is 0. The van der Waals surface area contributed by atoms with Gasteiger partial charge in [-0.2, -0.15) is 0 Å². The van der Waals surface area contributed by atoms with Gasteiger partial charge in [0.1, 0.15) is 6.61 Å². The number of rotatable bonds is 4. The first-order valence-electron chi connectivity index (χ1n) is 11.6. The number of esters is 1. The lowest BCUT2D eigenvalue weighted by Gasteiger charge is -2.61. The first kappa shape index (κ1) is 20.4. The second-order valence-corrected chi connectivity index (χ2v) is 10.9. The van der Waals surface area contributed by atoms with Gasteiger partial charge in [0, 0.05) is 19.4 Å². The van der Waals surface area contributed by atoms with Gasteiger partial charge in [0.05, 0.1) is 0 Å². The highest BCUT2D eigenvalue weighted by Crippen LogP contribution is 2.67. The smallest absolute Gasteiger partial charge is 0.303 e. The Morgan fingerprint density at radius 3 is 2.39 bits per heavy atom. The largest absolute Gasteiger partial charge is 0.458 e. The van der Waals surface area contributed by atoms with Crippen LogP contribution in [0.5, 0.6) is 0 Å². The normalized spacial score (nSPS) is 47.6. The molecule has 0 aromatic heterocycles. The third-order valence-corrected chi connectivity index (χ3v) is 9.84. The summed E-state index contributed by atoms with van der Waals surface area (Å²) in [6, 6.07) is 0. The summed E-state index contributed by atoms with van der Waals surface area (Å²) in [6.07, 6.45) is 10.8. The van der Waals surface area contributed by atoms with Crippen molar-refractivity contribution in [1.82, 2.24) is 0 Å². The molecule has 0 amide bonds. The van der Waals surface area contributed by atoms with Crippen LogP contribution in [-0.2, 0) is 14.3 Å². The van der Waals surface area contributed by atoms with Gasteiger partial charge in [0.25, 0.3) is 0 Å². The highest BCUT2D eigenvalue weighted by molar-refractivity contribution is 5.85. The highest BCUT2D eigenvalue weighted by Gasteiger charge is 2.61. The van der Waals surface area contributed by atoms with E-state index < -0.39 is 0 Å². The summed E-state index contributed by atoms with van der Waals surface area (Å²) in [7, 11) is 0. The Hall–Kier alpha value is -0.900. The van der Waals surface area contributed by atoms with Gasteiger partial charge in [0.2, 0.25) is 0 Å². The Morgan fingerprint density at radius 1 is 0.964 bits per heavy atom. The third-order valence-electron chi connectivity index (χ3n) is 9.84. The molecule has 1 N–H and O–H groups in total. The van der Waals surface area contributed by atoms with E-state index in [1.54, 1.807) is 0 Å². The summed E-state index contributed by atoms with van der Waals surface area (Å²) < 4.78 is 5.05. The van der Waals surface area contributed by atoms with Crippen LogP contribution in [0.1, 0.15) is 78.6 Å². The van der Waals surface area contributed by atoms with Gasteiger partial charge in [-0.3, -0.25) is 9.59 Å². The van der Waals surface area contributed by atoms with E-state index in [-0.39, 0.29) is 29.7 Å². The summed E-state index contributed by atoms with van der Waals surface area (Å²) in [5.74, 6) is 3.30. The maximum atomic E-state index is 12.8. The zero-order chi connectivity index (χ0) is 20.1. The number of fused-ring (bicyclic) bond motifs is 5. The quantitative estimate of drug-likeness (QED) is 0.723. The van der Waals surface area contributed by atoms with Crippen LogP contribution >= 0.6 is 0 Å². The molecule has 4 nitrogen and oxygen atoms in total. The van der Waals surface area contributed by atoms with Crippen LogP contribution in [0.4, 0.5) is 0 Å². The van der Waals surface area contributed by atoms with E-state index in [1.807, 2.05) is 0 Å². The molecular weight excluding hydrogens is 352 g/mol. The fourth-order valence-electron chi connectivity index (χ4n) is 8.32. The lowest BCUT2D eigenvalue weighted by Crippen LogP contribution is -2.54. The maximum absolute atomic E-state index is 12.8. The molecule has 4 heteroatoms. The first-order chi connectivity index (χ1) is 13.3. The molecule has 4 aliphatic rings. The Labute approximate surface area is 169 Å². The molecule has 158 valence electrons. The molecule has 4 fully saturated rings. The standard InChI is InChI=1S/C24H38O4/c1-15(26)28-14-22(27)21-7-6-19-18-5-4-17-12-16(13-25)8-10-23(17,2)20(18)9-11-24(19,21)3/h16-21,25H,4-14H2,1-3H3/t16-,17+,18-,19-,20-,21+,23-,24-/m0/s1. The number of hydrogen-bond acceptors (Lipinski definition) is 4. The number of ether oxygens (including phenoxy) is 1. The molecule has 8 atom stereocenters. The van der Waals surface area contributed by atoms with E-state index in [0.29, 0.717) is 23.9 Å². The Morgan fingerprint density at radius 2 is 1.68 bits per heavy atom. The van der Waals surface area contributed by atoms with E-state index >= 15 is 0 Å². The summed E-state index contributed by atoms with van der Waals surface area (Å²) in [4.78, 5) is 24.0. The predicted molar refractivity (Wildman–Crippen MR) is 107 cm³/mol. The topological polar surface area (TPSA) is 63.6 Å². The fraction of sp³-hybridized carbons (Fsp3) is 0.917. The molecular formula is C24H38O4. The van der Waals surface area contributed by atoms with Crippen molar-refractivity contribution in [2.75, 3.05) is 13.2 Å². The second kappa shape index (κ2) is 7.41. The molecule has 0 bridgehead atoms. The van der Waals surface area contributed by atoms with Crippen LogP contribution in [0, 0.1) is 46.3 Å². The van der Waals surface area contributed by atoms with E-state index in [0.717, 1.165) is 37.0 Å². The molecule has 0 heterocycles. The van der Waals surface area contributed by atoms with Crippen LogP contribution in [0.3, 0.4) is 0 Å². The van der Waals surface area contributed by atoms with E-state index in [9.17, 15) is 14.7 Å². The monoisotopic (exact) mass is 390 g/mol. The SMILES string of the molecule is CC(=O)OCC(=O)[C@H]1CC[C@H]2[C@@H]3CC[C@@H]4C[C@@H](CO)CC[C@]4(C)[C@H]3CC[C@]12C. The molecule has 28 heavy (non-hydrogen) atoms. The summed E-state index contributed by atoms with van der Waals surface area (Å²) in [6.45, 7) is 6.59. The van der Waals surface area contributed by atoms with Gasteiger partial charge in [0.15, 0.2) is 5.78 Å². The van der Waals surface area contributed by atoms with Crippen LogP contribution in [0.15, 0.2) is 0 Å². The minimum absolute atomic E-state index is 0.0429. The zero-order valence-corrected chi connectivity index (χ0v) is 17.9. The van der Waals surface area contributed by atoms with Gasteiger partial charge >= 0.3 is 5.97 Å². The van der Waals surface area contributed by atoms with Gasteiger partial charge in [-0.05, 0) is 98.2 Å². The number of hydrogen-bond donors (Lipinski definition) is 1. The van der Waals surface area contributed by atoms with Gasteiger partial charge in [-0.15, -0.1) is 0 Å². The minimum Gasteiger partial charge on any atom is -0.458 e. The second-order valence-electron chi connectivity index (χ2n) is 10.9. The number of ketones is 1. The highest BCUT2D eigenvalue weighted by atomic mass is 16.5. The average Bonchev–Trinajstić information content (AvgIpc) is 3.02. The van der Waals surface area contributed by atoms with Crippen molar-refractivity contribution < 1.29 is 19.4 Å². The molecule has 0 radical (unpaired) electrons. The number of aliphatic hydroxyl groups is 1. The molecule has 4 rings (SSSR count). The Balaban J connectivity index is 1.50. The zero-order valence-electron chi connectivity index (χ0n) is 17.9. The predicted octanol–water partition coefficient (Wildman–Crippen LogP) is 4.39. The Bertz CT molecular complexity index is 630. The van der Waals surface area contributed by atoms with Crippen molar-refractivity contribution in [3.8, 4) is 0 Å². The molecule has 0 saturated heterocycles. The maximum Gasteiger partial charge on any atom is 0.303 e. The van der Waals surface area contributed by atoms with E-state index in [4.69, 9.17) is 4.74 Å². The number of carbonyl (C=O) groups excluding carboxylic acids is 2. The lowest BCUT2D eigenvalue weighted by atomic mass is 9.44. The number of carbonyl (C=O) groups is 2. The molecule has 4 saturated carbocycles. The van der Waals surface area contributed by atoms with Crippen molar-refractivity contribution in [1.29, 1.82) is 0 Å². The van der Waals surface area contributed by atoms with Gasteiger partial charge in [-0.25, -0.2) is 0 Å². The van der Waals surface area contributed by atoms with Crippen molar-refractivity contribution >= 4 is 11.8 Å². The summed E-state index contributed by atoms with van der Waals surface area (Å²) in [5.41, 5.74) is 0.514.